The van der Waals surface area contributed by atoms with Crippen molar-refractivity contribution in [2.24, 2.45) is 0 Å². The van der Waals surface area contributed by atoms with Crippen LogP contribution in [0, 0.1) is 6.92 Å². The minimum atomic E-state index is -5.07. The largest absolute Gasteiger partial charge is 0.433 e. The second kappa shape index (κ2) is 4.94. The van der Waals surface area contributed by atoms with Crippen LogP contribution in [0.1, 0.15) is 17.5 Å². The van der Waals surface area contributed by atoms with Crippen LogP contribution in [-0.4, -0.2) is 28.7 Å². The first-order chi connectivity index (χ1) is 9.51. The zero-order valence-corrected chi connectivity index (χ0v) is 10.8. The van der Waals surface area contributed by atoms with E-state index < -0.39 is 41.1 Å². The molecular formula is C13H11F6NO. The molecule has 0 aromatic heterocycles. The summed E-state index contributed by atoms with van der Waals surface area (Å²) < 4.78 is 77.1. The average Bonchev–Trinajstić information content (AvgIpc) is 2.67. The van der Waals surface area contributed by atoms with Crippen molar-refractivity contribution in [1.82, 2.24) is 5.06 Å². The maximum Gasteiger partial charge on any atom is 0.433 e. The van der Waals surface area contributed by atoms with Gasteiger partial charge in [0.1, 0.15) is 5.70 Å². The van der Waals surface area contributed by atoms with Crippen molar-refractivity contribution in [2.45, 2.75) is 31.7 Å². The SMILES string of the molecule is Cc1ccc(C2=C(C(F)(F)F)N(O)C(C(F)(F)F)C2)cc1. The van der Waals surface area contributed by atoms with Crippen molar-refractivity contribution in [2.75, 3.05) is 0 Å². The third-order valence-corrected chi connectivity index (χ3v) is 3.25. The number of allylic oxidation sites excluding steroid dienone is 1. The number of hydrogen-bond acceptors (Lipinski definition) is 2. The van der Waals surface area contributed by atoms with E-state index >= 15 is 0 Å². The molecule has 1 N–H and O–H groups in total. The molecule has 0 saturated carbocycles. The Balaban J connectivity index is 2.52. The molecule has 1 aliphatic heterocycles. The fourth-order valence-corrected chi connectivity index (χ4v) is 2.24. The van der Waals surface area contributed by atoms with Crippen LogP contribution in [0.2, 0.25) is 0 Å². The Morgan fingerprint density at radius 3 is 2.00 bits per heavy atom. The number of nitrogens with zero attached hydrogens (tertiary/aromatic N) is 1. The molecule has 21 heavy (non-hydrogen) atoms. The molecule has 1 atom stereocenters. The number of hydroxylamine groups is 2. The lowest BCUT2D eigenvalue weighted by Gasteiger charge is -2.25. The highest BCUT2D eigenvalue weighted by atomic mass is 19.4. The van der Waals surface area contributed by atoms with E-state index in [1.54, 1.807) is 6.92 Å². The van der Waals surface area contributed by atoms with E-state index in [1.807, 2.05) is 0 Å². The van der Waals surface area contributed by atoms with Crippen LogP contribution in [-0.2, 0) is 0 Å². The van der Waals surface area contributed by atoms with Crippen molar-refractivity contribution >= 4 is 5.57 Å². The highest BCUT2D eigenvalue weighted by Gasteiger charge is 2.55. The Hall–Kier alpha value is -1.70. The van der Waals surface area contributed by atoms with Gasteiger partial charge in [-0.15, -0.1) is 0 Å². The molecule has 0 bridgehead atoms. The monoisotopic (exact) mass is 311 g/mol. The molecule has 0 spiro atoms. The molecule has 1 heterocycles. The van der Waals surface area contributed by atoms with Gasteiger partial charge in [0.2, 0.25) is 0 Å². The zero-order chi connectivity index (χ0) is 16.0. The number of hydrogen-bond donors (Lipinski definition) is 1. The second-order valence-electron chi connectivity index (χ2n) is 4.80. The molecule has 1 aromatic rings. The predicted molar refractivity (Wildman–Crippen MR) is 62.2 cm³/mol. The summed E-state index contributed by atoms with van der Waals surface area (Å²) in [6, 6.07) is 3.02. The summed E-state index contributed by atoms with van der Waals surface area (Å²) in [5.74, 6) is 0. The molecular weight excluding hydrogens is 300 g/mol. The van der Waals surface area contributed by atoms with Crippen LogP contribution in [0.25, 0.3) is 5.57 Å². The molecule has 1 aromatic carbocycles. The van der Waals surface area contributed by atoms with Gasteiger partial charge < -0.3 is 0 Å². The fourth-order valence-electron chi connectivity index (χ4n) is 2.24. The summed E-state index contributed by atoms with van der Waals surface area (Å²) in [6.45, 7) is 1.70. The molecule has 0 amide bonds. The van der Waals surface area contributed by atoms with Crippen molar-refractivity contribution in [3.63, 3.8) is 0 Å². The van der Waals surface area contributed by atoms with Gasteiger partial charge in [0.05, 0.1) is 0 Å². The topological polar surface area (TPSA) is 23.5 Å². The number of alkyl halides is 6. The van der Waals surface area contributed by atoms with E-state index in [9.17, 15) is 31.5 Å². The van der Waals surface area contributed by atoms with Crippen LogP contribution in [0.5, 0.6) is 0 Å². The number of rotatable bonds is 1. The van der Waals surface area contributed by atoms with E-state index in [1.165, 1.54) is 24.3 Å². The average molecular weight is 311 g/mol. The van der Waals surface area contributed by atoms with Gasteiger partial charge in [-0.3, -0.25) is 5.21 Å². The summed E-state index contributed by atoms with van der Waals surface area (Å²) in [6.07, 6.45) is -11.0. The summed E-state index contributed by atoms with van der Waals surface area (Å²) in [7, 11) is 0. The maximum atomic E-state index is 13.0. The third-order valence-electron chi connectivity index (χ3n) is 3.25. The molecule has 0 radical (unpaired) electrons. The van der Waals surface area contributed by atoms with Gasteiger partial charge in [-0.1, -0.05) is 29.8 Å². The first kappa shape index (κ1) is 15.7. The smallest absolute Gasteiger partial charge is 0.288 e. The van der Waals surface area contributed by atoms with Crippen LogP contribution in [0.4, 0.5) is 26.3 Å². The minimum Gasteiger partial charge on any atom is -0.288 e. The Bertz CT molecular complexity index is 558. The quantitative estimate of drug-likeness (QED) is 0.782. The molecule has 2 nitrogen and oxygen atoms in total. The molecule has 116 valence electrons. The van der Waals surface area contributed by atoms with Gasteiger partial charge in [0.25, 0.3) is 0 Å². The van der Waals surface area contributed by atoms with Crippen molar-refractivity contribution in [3.8, 4) is 0 Å². The second-order valence-corrected chi connectivity index (χ2v) is 4.80. The molecule has 1 unspecified atom stereocenters. The summed E-state index contributed by atoms with van der Waals surface area (Å²) in [5.41, 5.74) is -1.45. The summed E-state index contributed by atoms with van der Waals surface area (Å²) in [4.78, 5) is 0. The molecule has 8 heteroatoms. The Morgan fingerprint density at radius 2 is 1.57 bits per heavy atom. The van der Waals surface area contributed by atoms with Crippen molar-refractivity contribution in [1.29, 1.82) is 0 Å². The third kappa shape index (κ3) is 2.99. The fraction of sp³-hybridized carbons (Fsp3) is 0.385. The predicted octanol–water partition coefficient (Wildman–Crippen LogP) is 4.29. The normalized spacial score (nSPS) is 20.4. The first-order valence-electron chi connectivity index (χ1n) is 5.94. The molecule has 2 rings (SSSR count). The van der Waals surface area contributed by atoms with Gasteiger partial charge in [-0.2, -0.15) is 26.3 Å². The molecule has 1 aliphatic rings. The minimum absolute atomic E-state index is 0.0127. The Kier molecular flexibility index (Phi) is 3.69. The number of halogens is 6. The van der Waals surface area contributed by atoms with E-state index in [0.717, 1.165) is 5.56 Å². The Labute approximate surface area is 116 Å². The lowest BCUT2D eigenvalue weighted by Crippen LogP contribution is -2.42. The lowest BCUT2D eigenvalue weighted by molar-refractivity contribution is -0.248. The molecule has 0 fully saturated rings. The standard InChI is InChI=1S/C13H11F6NO/c1-7-2-4-8(5-3-7)9-6-10(12(14,15)16)20(21)11(9)13(17,18)19/h2-5,10,21H,6H2,1H3. The highest BCUT2D eigenvalue weighted by Crippen LogP contribution is 2.46. The Morgan fingerprint density at radius 1 is 1.05 bits per heavy atom. The van der Waals surface area contributed by atoms with Crippen LogP contribution >= 0.6 is 0 Å². The van der Waals surface area contributed by atoms with Gasteiger partial charge in [0.15, 0.2) is 6.04 Å². The van der Waals surface area contributed by atoms with Crippen molar-refractivity contribution in [3.05, 3.63) is 41.1 Å². The molecule has 0 aliphatic carbocycles. The van der Waals surface area contributed by atoms with Crippen molar-refractivity contribution < 1.29 is 31.5 Å². The molecule has 0 saturated heterocycles. The highest BCUT2D eigenvalue weighted by molar-refractivity contribution is 5.72. The van der Waals surface area contributed by atoms with Crippen LogP contribution in [0.3, 0.4) is 0 Å². The van der Waals surface area contributed by atoms with E-state index in [4.69, 9.17) is 0 Å². The van der Waals surface area contributed by atoms with Gasteiger partial charge in [-0.05, 0) is 18.1 Å². The van der Waals surface area contributed by atoms with E-state index in [0.29, 0.717) is 0 Å². The van der Waals surface area contributed by atoms with Crippen LogP contribution < -0.4 is 0 Å². The van der Waals surface area contributed by atoms with Gasteiger partial charge >= 0.3 is 12.4 Å². The van der Waals surface area contributed by atoms with E-state index in [2.05, 4.69) is 0 Å². The lowest BCUT2D eigenvalue weighted by atomic mass is 9.99. The number of aryl methyl sites for hydroxylation is 1. The van der Waals surface area contributed by atoms with Gasteiger partial charge in [0, 0.05) is 6.42 Å². The van der Waals surface area contributed by atoms with Crippen LogP contribution in [0.15, 0.2) is 30.0 Å². The summed E-state index contributed by atoms with van der Waals surface area (Å²) in [5, 5.41) is 8.63. The summed E-state index contributed by atoms with van der Waals surface area (Å²) >= 11 is 0. The van der Waals surface area contributed by atoms with E-state index in [-0.39, 0.29) is 5.56 Å². The van der Waals surface area contributed by atoms with Gasteiger partial charge in [-0.25, -0.2) is 5.06 Å². The first-order valence-corrected chi connectivity index (χ1v) is 5.94. The zero-order valence-electron chi connectivity index (χ0n) is 10.8. The maximum absolute atomic E-state index is 13.0. The number of benzene rings is 1.